The Labute approximate surface area is 173 Å². The van der Waals surface area contributed by atoms with Crippen molar-refractivity contribution in [1.82, 2.24) is 0 Å². The predicted octanol–water partition coefficient (Wildman–Crippen LogP) is 2.85. The molecule has 29 heavy (non-hydrogen) atoms. The molecule has 0 aromatic heterocycles. The summed E-state index contributed by atoms with van der Waals surface area (Å²) < 4.78 is 5.32. The van der Waals surface area contributed by atoms with Crippen molar-refractivity contribution in [2.24, 2.45) is 34.5 Å². The van der Waals surface area contributed by atoms with Gasteiger partial charge in [-0.15, -0.1) is 0 Å². The molecule has 0 aromatic rings. The van der Waals surface area contributed by atoms with Gasteiger partial charge in [0.05, 0.1) is 6.10 Å². The fraction of sp³-hybridized carbons (Fsp3) is 0.750. The van der Waals surface area contributed by atoms with Gasteiger partial charge in [-0.1, -0.05) is 32.4 Å². The van der Waals surface area contributed by atoms with Gasteiger partial charge < -0.3 is 14.9 Å². The van der Waals surface area contributed by atoms with Crippen LogP contribution in [0.4, 0.5) is 0 Å². The molecular formula is C24H34O5. The van der Waals surface area contributed by atoms with E-state index in [1.807, 2.05) is 19.9 Å². The van der Waals surface area contributed by atoms with E-state index in [0.29, 0.717) is 19.4 Å². The Balaban J connectivity index is 1.71. The van der Waals surface area contributed by atoms with Crippen LogP contribution in [0.15, 0.2) is 23.8 Å². The fourth-order valence-electron chi connectivity index (χ4n) is 7.53. The number of hydrogen-bond donors (Lipinski definition) is 2. The number of Topliss-reactive ketones (excluding diaryl/α,β-unsaturated/α-hetero) is 1. The zero-order chi connectivity index (χ0) is 21.2. The van der Waals surface area contributed by atoms with Crippen molar-refractivity contribution < 1.29 is 24.5 Å². The molecule has 5 heteroatoms. The minimum Gasteiger partial charge on any atom is -0.393 e. The molecule has 0 amide bonds. The maximum Gasteiger partial charge on any atom is 0.190 e. The first-order valence-electron chi connectivity index (χ1n) is 11.0. The maximum absolute atomic E-state index is 12.9. The number of hydrogen-bond acceptors (Lipinski definition) is 5. The van der Waals surface area contributed by atoms with Crippen molar-refractivity contribution >= 4 is 11.6 Å². The minimum atomic E-state index is -1.45. The zero-order valence-corrected chi connectivity index (χ0v) is 18.0. The highest BCUT2D eigenvalue weighted by molar-refractivity contribution is 6.01. The van der Waals surface area contributed by atoms with Crippen molar-refractivity contribution in [1.29, 1.82) is 0 Å². The summed E-state index contributed by atoms with van der Waals surface area (Å²) in [5.74, 6) is 0.365. The molecule has 0 radical (unpaired) electrons. The Morgan fingerprint density at radius 1 is 1.34 bits per heavy atom. The largest absolute Gasteiger partial charge is 0.393 e. The zero-order valence-electron chi connectivity index (χ0n) is 18.0. The molecule has 0 bridgehead atoms. The van der Waals surface area contributed by atoms with Crippen LogP contribution in [-0.4, -0.2) is 46.7 Å². The Bertz CT molecular complexity index is 784. The van der Waals surface area contributed by atoms with E-state index in [1.54, 1.807) is 12.2 Å². The molecule has 4 aliphatic carbocycles. The molecule has 0 saturated heterocycles. The molecule has 160 valence electrons. The molecule has 0 spiro atoms. The lowest BCUT2D eigenvalue weighted by atomic mass is 9.45. The molecule has 0 heterocycles. The predicted molar refractivity (Wildman–Crippen MR) is 109 cm³/mol. The van der Waals surface area contributed by atoms with E-state index >= 15 is 0 Å². The van der Waals surface area contributed by atoms with Gasteiger partial charge in [0.25, 0.3) is 0 Å². The van der Waals surface area contributed by atoms with Gasteiger partial charge in [-0.05, 0) is 62.5 Å². The van der Waals surface area contributed by atoms with E-state index < -0.39 is 17.1 Å². The molecule has 8 unspecified atom stereocenters. The van der Waals surface area contributed by atoms with Crippen LogP contribution >= 0.6 is 0 Å². The van der Waals surface area contributed by atoms with E-state index in [4.69, 9.17) is 4.74 Å². The van der Waals surface area contributed by atoms with Crippen molar-refractivity contribution in [2.45, 2.75) is 65.1 Å². The van der Waals surface area contributed by atoms with Crippen molar-refractivity contribution in [3.63, 3.8) is 0 Å². The van der Waals surface area contributed by atoms with Gasteiger partial charge in [-0.3, -0.25) is 9.59 Å². The van der Waals surface area contributed by atoms with Gasteiger partial charge in [0.1, 0.15) is 12.2 Å². The molecule has 5 nitrogen and oxygen atoms in total. The number of ketones is 2. The number of ether oxygens (including phenoxy) is 1. The van der Waals surface area contributed by atoms with Gasteiger partial charge >= 0.3 is 0 Å². The van der Waals surface area contributed by atoms with Crippen LogP contribution in [0.2, 0.25) is 0 Å². The number of aliphatic hydroxyl groups excluding tert-OH is 1. The van der Waals surface area contributed by atoms with Crippen LogP contribution in [0.25, 0.3) is 0 Å². The monoisotopic (exact) mass is 402 g/mol. The number of allylic oxidation sites excluding steroid dienone is 4. The summed E-state index contributed by atoms with van der Waals surface area (Å²) in [4.78, 5) is 24.9. The second-order valence-corrected chi connectivity index (χ2v) is 10.2. The quantitative estimate of drug-likeness (QED) is 0.755. The lowest BCUT2D eigenvalue weighted by Gasteiger charge is -2.60. The van der Waals surface area contributed by atoms with E-state index in [1.165, 1.54) is 0 Å². The summed E-state index contributed by atoms with van der Waals surface area (Å²) in [5.41, 5.74) is -1.34. The normalized spacial score (nSPS) is 48.6. The van der Waals surface area contributed by atoms with Gasteiger partial charge in [0, 0.05) is 23.4 Å². The van der Waals surface area contributed by atoms with E-state index in [9.17, 15) is 19.8 Å². The fourth-order valence-corrected chi connectivity index (χ4v) is 7.53. The molecule has 0 aromatic carbocycles. The third-order valence-electron chi connectivity index (χ3n) is 8.87. The summed E-state index contributed by atoms with van der Waals surface area (Å²) in [6.45, 7) is 8.49. The Morgan fingerprint density at radius 2 is 2.07 bits per heavy atom. The second kappa shape index (κ2) is 6.86. The van der Waals surface area contributed by atoms with Gasteiger partial charge in [0.15, 0.2) is 11.6 Å². The minimum absolute atomic E-state index is 0.00304. The molecule has 4 rings (SSSR count). The van der Waals surface area contributed by atoms with Crippen LogP contribution in [0.1, 0.15) is 53.4 Å². The van der Waals surface area contributed by atoms with Crippen molar-refractivity contribution in [2.75, 3.05) is 13.2 Å². The topological polar surface area (TPSA) is 83.8 Å². The highest BCUT2D eigenvalue weighted by Crippen LogP contribution is 2.67. The second-order valence-electron chi connectivity index (χ2n) is 10.2. The summed E-state index contributed by atoms with van der Waals surface area (Å²) in [6, 6.07) is 0. The first-order valence-corrected chi connectivity index (χ1v) is 11.0. The lowest BCUT2D eigenvalue weighted by Crippen LogP contribution is -2.62. The smallest absolute Gasteiger partial charge is 0.190 e. The van der Waals surface area contributed by atoms with Crippen molar-refractivity contribution in [3.8, 4) is 0 Å². The molecule has 3 fully saturated rings. The highest BCUT2D eigenvalue weighted by atomic mass is 16.5. The molecular weight excluding hydrogens is 368 g/mol. The number of rotatable bonds is 4. The third kappa shape index (κ3) is 2.77. The number of fused-ring (bicyclic) bond motifs is 5. The Hall–Kier alpha value is -1.30. The summed E-state index contributed by atoms with van der Waals surface area (Å²) in [6.07, 6.45) is 7.23. The number of aliphatic hydroxyl groups is 2. The van der Waals surface area contributed by atoms with E-state index in [-0.39, 0.29) is 47.3 Å². The van der Waals surface area contributed by atoms with E-state index in [2.05, 4.69) is 13.8 Å². The lowest BCUT2D eigenvalue weighted by molar-refractivity contribution is -0.181. The molecule has 0 aliphatic heterocycles. The molecule has 2 N–H and O–H groups in total. The first kappa shape index (κ1) is 21.0. The van der Waals surface area contributed by atoms with Crippen LogP contribution in [0.5, 0.6) is 0 Å². The average molecular weight is 403 g/mol. The summed E-state index contributed by atoms with van der Waals surface area (Å²) in [5, 5.41) is 22.9. The van der Waals surface area contributed by atoms with Crippen LogP contribution in [0, 0.1) is 34.5 Å². The third-order valence-corrected chi connectivity index (χ3v) is 8.87. The Kier molecular flexibility index (Phi) is 4.96. The molecule has 3 saturated carbocycles. The number of carbonyl (C=O) groups is 2. The van der Waals surface area contributed by atoms with Gasteiger partial charge in [-0.25, -0.2) is 0 Å². The standard InChI is InChI=1S/C24H34O5/c1-5-29-13-20(27)24(28)9-7-17-16-10-14(2)18-11-15(25)6-8-22(18,3)21(16)19(26)12-23(17,24)4/h6,8,11,14,16-17,19,21,26,28H,5,7,9-10,12-13H2,1-4H3. The maximum atomic E-state index is 12.9. The SMILES string of the molecule is CCOCC(=O)C1(O)CCC2C3CC(C)C4=CC(=O)C=CC4(C)C3C(O)CC21C. The van der Waals surface area contributed by atoms with Crippen LogP contribution < -0.4 is 0 Å². The van der Waals surface area contributed by atoms with Gasteiger partial charge in [0.2, 0.25) is 0 Å². The average Bonchev–Trinajstić information content (AvgIpc) is 2.93. The molecule has 4 aliphatic rings. The number of carbonyl (C=O) groups excluding carboxylic acids is 2. The van der Waals surface area contributed by atoms with Crippen LogP contribution in [-0.2, 0) is 14.3 Å². The molecule has 8 atom stereocenters. The summed E-state index contributed by atoms with van der Waals surface area (Å²) >= 11 is 0. The van der Waals surface area contributed by atoms with Crippen LogP contribution in [0.3, 0.4) is 0 Å². The highest BCUT2D eigenvalue weighted by Gasteiger charge is 2.68. The first-order chi connectivity index (χ1) is 13.6. The van der Waals surface area contributed by atoms with E-state index in [0.717, 1.165) is 18.4 Å². The van der Waals surface area contributed by atoms with Gasteiger partial charge in [-0.2, -0.15) is 0 Å². The summed E-state index contributed by atoms with van der Waals surface area (Å²) in [7, 11) is 0. The Morgan fingerprint density at radius 3 is 2.76 bits per heavy atom. The van der Waals surface area contributed by atoms with Crippen molar-refractivity contribution in [3.05, 3.63) is 23.8 Å².